The van der Waals surface area contributed by atoms with Crippen LogP contribution < -0.4 is 4.74 Å². The summed E-state index contributed by atoms with van der Waals surface area (Å²) < 4.78 is 48.4. The lowest BCUT2D eigenvalue weighted by atomic mass is 9.97. The molecule has 254 valence electrons. The quantitative estimate of drug-likeness (QED) is 0.192. The van der Waals surface area contributed by atoms with Gasteiger partial charge in [-0.1, -0.05) is 72.3 Å². The van der Waals surface area contributed by atoms with Crippen molar-refractivity contribution >= 4 is 40.4 Å². The highest BCUT2D eigenvalue weighted by atomic mass is 35.5. The van der Waals surface area contributed by atoms with E-state index in [0.717, 1.165) is 0 Å². The number of carbonyl (C=O) groups is 1. The van der Waals surface area contributed by atoms with E-state index in [1.54, 1.807) is 24.3 Å². The van der Waals surface area contributed by atoms with Gasteiger partial charge in [-0.3, -0.25) is 9.11 Å². The van der Waals surface area contributed by atoms with Gasteiger partial charge in [0.1, 0.15) is 18.5 Å². The number of nitrogens with zero attached hydrogens (tertiary/aromatic N) is 2. The molecule has 0 amide bonds. The van der Waals surface area contributed by atoms with E-state index in [1.165, 1.54) is 36.8 Å². The molecule has 2 fully saturated rings. The van der Waals surface area contributed by atoms with E-state index in [-0.39, 0.29) is 31.1 Å². The molecule has 2 atom stereocenters. The number of esters is 1. The zero-order valence-electron chi connectivity index (χ0n) is 26.3. The largest absolute Gasteiger partial charge is 0.482 e. The van der Waals surface area contributed by atoms with Crippen molar-refractivity contribution < 1.29 is 36.5 Å². The second-order valence-corrected chi connectivity index (χ2v) is 12.5. The van der Waals surface area contributed by atoms with Crippen LogP contribution in [0.2, 0.25) is 5.02 Å². The van der Waals surface area contributed by atoms with Crippen molar-refractivity contribution in [3.8, 4) is 5.75 Å². The summed E-state index contributed by atoms with van der Waals surface area (Å²) in [5.41, 5.74) is 2.51. The van der Waals surface area contributed by atoms with Gasteiger partial charge in [0.15, 0.2) is 6.61 Å². The number of likely N-dealkylation sites (N-methyl/N-ethyl adjacent to an activating group) is 1. The van der Waals surface area contributed by atoms with Crippen LogP contribution >= 0.6 is 24.0 Å². The molecule has 46 heavy (non-hydrogen) atoms. The normalized spacial score (nSPS) is 18.8. The Balaban J connectivity index is 0.000000284. The Kier molecular flexibility index (Phi) is 17.0. The molecule has 3 aromatic rings. The zero-order valence-corrected chi connectivity index (χ0v) is 28.7. The Morgan fingerprint density at radius 1 is 0.913 bits per heavy atom. The first-order valence-electron chi connectivity index (χ1n) is 14.7. The van der Waals surface area contributed by atoms with Crippen molar-refractivity contribution in [2.45, 2.75) is 50.0 Å². The number of hydrogen-bond acceptors (Lipinski definition) is 8. The van der Waals surface area contributed by atoms with E-state index in [4.69, 9.17) is 43.3 Å². The van der Waals surface area contributed by atoms with Gasteiger partial charge in [0.2, 0.25) is 0 Å². The van der Waals surface area contributed by atoms with E-state index in [9.17, 15) is 4.79 Å². The first kappa shape index (κ1) is 39.4. The Morgan fingerprint density at radius 3 is 1.85 bits per heavy atom. The van der Waals surface area contributed by atoms with Crippen molar-refractivity contribution in [3.05, 3.63) is 101 Å². The second-order valence-electron chi connectivity index (χ2n) is 11.2. The highest BCUT2D eigenvalue weighted by Crippen LogP contribution is 2.38. The van der Waals surface area contributed by atoms with Crippen LogP contribution in [0, 0.1) is 0 Å². The summed E-state index contributed by atoms with van der Waals surface area (Å²) in [6.45, 7) is 0.984. The van der Waals surface area contributed by atoms with Crippen LogP contribution in [0.3, 0.4) is 0 Å². The van der Waals surface area contributed by atoms with Gasteiger partial charge in [0.05, 0.1) is 6.10 Å². The number of ether oxygens (including phenoxy) is 3. The van der Waals surface area contributed by atoms with Crippen LogP contribution in [-0.2, 0) is 24.7 Å². The van der Waals surface area contributed by atoms with Crippen molar-refractivity contribution in [2.75, 3.05) is 40.9 Å². The fourth-order valence-electron chi connectivity index (χ4n) is 5.33. The van der Waals surface area contributed by atoms with Gasteiger partial charge in [0.25, 0.3) is 0 Å². The molecule has 2 N–H and O–H groups in total. The molecule has 13 heteroatoms. The van der Waals surface area contributed by atoms with E-state index < -0.39 is 10.4 Å². The van der Waals surface area contributed by atoms with Crippen LogP contribution in [-0.4, -0.2) is 92.4 Å². The summed E-state index contributed by atoms with van der Waals surface area (Å²) in [5.74, 6) is 0.223. The minimum atomic E-state index is -4.67. The molecule has 2 unspecified atom stereocenters. The fraction of sp³-hybridized carbons (Fsp3) is 0.424. The number of hydrogen-bond donors (Lipinski definition) is 2. The average molecular weight is 700 g/mol. The molecule has 2 aliphatic heterocycles. The van der Waals surface area contributed by atoms with Gasteiger partial charge >= 0.3 is 16.4 Å². The molecule has 0 aromatic heterocycles. The molecule has 3 aromatic carbocycles. The third-order valence-electron chi connectivity index (χ3n) is 7.56. The molecular formula is C33H44Cl2N2O8S. The van der Waals surface area contributed by atoms with E-state index >= 15 is 0 Å². The molecule has 2 aliphatic rings. The molecule has 5 rings (SSSR count). The van der Waals surface area contributed by atoms with Crippen LogP contribution in [0.4, 0.5) is 0 Å². The fourth-order valence-corrected chi connectivity index (χ4v) is 5.45. The Morgan fingerprint density at radius 2 is 1.39 bits per heavy atom. The minimum absolute atomic E-state index is 0. The van der Waals surface area contributed by atoms with E-state index in [2.05, 4.69) is 72.6 Å². The van der Waals surface area contributed by atoms with E-state index in [0.29, 0.717) is 42.1 Å². The SMILES string of the molecule is CN(C)CCOC(=O)COc1ccc(Cl)cc1.CN1C2CCC1CC(OC(c1ccccc1)c1ccccc1)C2.Cl.O=S(=O)(O)O. The minimum Gasteiger partial charge on any atom is -0.482 e. The maximum atomic E-state index is 11.3. The van der Waals surface area contributed by atoms with Crippen molar-refractivity contribution in [1.29, 1.82) is 0 Å². The molecule has 2 bridgehead atoms. The van der Waals surface area contributed by atoms with Gasteiger partial charge in [-0.15, -0.1) is 12.4 Å². The smallest absolute Gasteiger partial charge is 0.394 e. The highest BCUT2D eigenvalue weighted by molar-refractivity contribution is 7.79. The summed E-state index contributed by atoms with van der Waals surface area (Å²) in [4.78, 5) is 15.8. The third-order valence-corrected chi connectivity index (χ3v) is 7.81. The number of fused-ring (bicyclic) bond motifs is 2. The molecule has 2 heterocycles. The predicted molar refractivity (Wildman–Crippen MR) is 181 cm³/mol. The molecule has 0 spiro atoms. The maximum Gasteiger partial charge on any atom is 0.394 e. The maximum absolute atomic E-state index is 11.3. The van der Waals surface area contributed by atoms with E-state index in [1.807, 2.05) is 19.0 Å². The molecule has 10 nitrogen and oxygen atoms in total. The lowest BCUT2D eigenvalue weighted by molar-refractivity contribution is -0.146. The Labute approximate surface area is 283 Å². The first-order chi connectivity index (χ1) is 21.4. The molecule has 0 saturated carbocycles. The Bertz CT molecular complexity index is 1340. The van der Waals surface area contributed by atoms with Gasteiger partial charge < -0.3 is 24.0 Å². The van der Waals surface area contributed by atoms with Gasteiger partial charge in [-0.25, -0.2) is 4.79 Å². The lowest BCUT2D eigenvalue weighted by Crippen LogP contribution is -2.43. The molecule has 0 radical (unpaired) electrons. The van der Waals surface area contributed by atoms with Crippen molar-refractivity contribution in [1.82, 2.24) is 9.80 Å². The van der Waals surface area contributed by atoms with Crippen LogP contribution in [0.5, 0.6) is 5.75 Å². The highest BCUT2D eigenvalue weighted by Gasteiger charge is 2.39. The molecule has 0 aliphatic carbocycles. The summed E-state index contributed by atoms with van der Waals surface area (Å²) in [6, 6.07) is 29.5. The third kappa shape index (κ3) is 14.8. The number of rotatable bonds is 10. The predicted octanol–water partition coefficient (Wildman–Crippen LogP) is 6.01. The zero-order chi connectivity index (χ0) is 32.8. The number of carbonyl (C=O) groups excluding carboxylic acids is 1. The summed E-state index contributed by atoms with van der Waals surface area (Å²) in [6.07, 6.45) is 5.43. The first-order valence-corrected chi connectivity index (χ1v) is 16.5. The van der Waals surface area contributed by atoms with Crippen LogP contribution in [0.25, 0.3) is 0 Å². The van der Waals surface area contributed by atoms with Crippen LogP contribution in [0.15, 0.2) is 84.9 Å². The standard InChI is InChI=1S/C21H25NO.C12H16ClNO3.ClH.H2O4S/c1-22-18-12-13-19(22)15-20(14-18)23-21(16-8-4-2-5-9-16)17-10-6-3-7-11-17;1-14(2)7-8-16-12(15)9-17-11-5-3-10(13)4-6-11;;1-5(2,3)4/h2-11,18-21H,12-15H2,1H3;3-6H,7-9H2,1-2H3;1H;(H2,1,2,3,4). The number of piperidine rings is 1. The van der Waals surface area contributed by atoms with Gasteiger partial charge in [0, 0.05) is 23.7 Å². The topological polar surface area (TPSA) is 126 Å². The van der Waals surface area contributed by atoms with Crippen molar-refractivity contribution in [2.24, 2.45) is 0 Å². The van der Waals surface area contributed by atoms with Gasteiger partial charge in [-0.2, -0.15) is 8.42 Å². The lowest BCUT2D eigenvalue weighted by Gasteiger charge is -2.38. The molecular weight excluding hydrogens is 655 g/mol. The summed E-state index contributed by atoms with van der Waals surface area (Å²) in [7, 11) is 1.44. The summed E-state index contributed by atoms with van der Waals surface area (Å²) >= 11 is 5.72. The van der Waals surface area contributed by atoms with Crippen LogP contribution in [0.1, 0.15) is 42.9 Å². The number of halogens is 2. The molecule has 2 saturated heterocycles. The average Bonchev–Trinajstić information content (AvgIpc) is 3.19. The summed E-state index contributed by atoms with van der Waals surface area (Å²) in [5, 5.41) is 0.630. The second kappa shape index (κ2) is 19.8. The van der Waals surface area contributed by atoms with Gasteiger partial charge in [-0.05, 0) is 82.2 Å². The Hall–Kier alpha value is -2.74. The van der Waals surface area contributed by atoms with Crippen molar-refractivity contribution in [3.63, 3.8) is 0 Å². The number of benzene rings is 3. The monoisotopic (exact) mass is 698 g/mol.